The average molecular weight is 362 g/mol. The minimum absolute atomic E-state index is 0.0611. The van der Waals surface area contributed by atoms with Crippen LogP contribution in [0.5, 0.6) is 0 Å². The number of benzene rings is 2. The Morgan fingerprint density at radius 2 is 1.89 bits per heavy atom. The Hall–Kier alpha value is -3.15. The number of nitrogens with zero attached hydrogens (tertiary/aromatic N) is 2. The summed E-state index contributed by atoms with van der Waals surface area (Å²) in [5, 5.41) is 5.68. The van der Waals surface area contributed by atoms with E-state index in [2.05, 4.69) is 27.8 Å². The number of rotatable bonds is 2. The highest BCUT2D eigenvalue weighted by atomic mass is 16.2. The van der Waals surface area contributed by atoms with E-state index in [1.165, 1.54) is 11.1 Å². The molecule has 2 amide bonds. The lowest BCUT2D eigenvalue weighted by Gasteiger charge is -2.33. The van der Waals surface area contributed by atoms with Gasteiger partial charge in [-0.05, 0) is 36.6 Å². The van der Waals surface area contributed by atoms with Gasteiger partial charge in [-0.1, -0.05) is 42.0 Å². The third-order valence-electron chi connectivity index (χ3n) is 4.96. The predicted octanol–water partition coefficient (Wildman–Crippen LogP) is 2.24. The number of hydrogen-bond donors (Lipinski definition) is 2. The zero-order valence-corrected chi connectivity index (χ0v) is 15.2. The Bertz CT molecular complexity index is 905. The van der Waals surface area contributed by atoms with E-state index in [0.29, 0.717) is 18.2 Å². The third kappa shape index (κ3) is 3.84. The number of carbonyl (C=O) groups is 2. The monoisotopic (exact) mass is 362 g/mol. The Kier molecular flexibility index (Phi) is 4.62. The van der Waals surface area contributed by atoms with Crippen LogP contribution in [-0.2, 0) is 22.6 Å². The summed E-state index contributed by atoms with van der Waals surface area (Å²) in [6.07, 6.45) is 0.955. The molecule has 0 saturated heterocycles. The molecule has 4 rings (SSSR count). The topological polar surface area (TPSA) is 73.8 Å². The van der Waals surface area contributed by atoms with Crippen molar-refractivity contribution in [1.29, 1.82) is 0 Å². The molecular weight excluding hydrogens is 340 g/mol. The summed E-state index contributed by atoms with van der Waals surface area (Å²) in [5.41, 5.74) is 4.38. The molecule has 0 spiro atoms. The number of amides is 2. The van der Waals surface area contributed by atoms with Crippen molar-refractivity contribution in [3.8, 4) is 0 Å². The van der Waals surface area contributed by atoms with Crippen molar-refractivity contribution in [3.05, 3.63) is 65.2 Å². The van der Waals surface area contributed by atoms with E-state index < -0.39 is 6.04 Å². The highest BCUT2D eigenvalue weighted by Crippen LogP contribution is 2.20. The third-order valence-corrected chi connectivity index (χ3v) is 4.96. The maximum atomic E-state index is 12.6. The zero-order valence-electron chi connectivity index (χ0n) is 15.2. The molecule has 0 radical (unpaired) electrons. The molecule has 2 aromatic rings. The summed E-state index contributed by atoms with van der Waals surface area (Å²) >= 11 is 0. The fraction of sp³-hybridized carbons (Fsp3) is 0.286. The second-order valence-corrected chi connectivity index (χ2v) is 7.02. The average Bonchev–Trinajstić information content (AvgIpc) is 2.69. The number of anilines is 1. The van der Waals surface area contributed by atoms with Gasteiger partial charge >= 0.3 is 0 Å². The van der Waals surface area contributed by atoms with Gasteiger partial charge in [0.05, 0.1) is 6.42 Å². The van der Waals surface area contributed by atoms with Crippen molar-refractivity contribution in [3.63, 3.8) is 0 Å². The van der Waals surface area contributed by atoms with Crippen molar-refractivity contribution in [1.82, 2.24) is 10.2 Å². The second kappa shape index (κ2) is 7.23. The standard InChI is InChI=1S/C21H22N4O2/c1-14-6-8-17(9-7-14)22-20(27)18-12-19(26)24-21(23-18)25-11-10-15-4-2-3-5-16(15)13-25/h2-9,18H,10-13H2,1H3,(H,22,27)(H,23,24,26). The smallest absolute Gasteiger partial charge is 0.249 e. The zero-order chi connectivity index (χ0) is 18.8. The fourth-order valence-corrected chi connectivity index (χ4v) is 3.43. The molecule has 2 heterocycles. The van der Waals surface area contributed by atoms with E-state index in [-0.39, 0.29) is 18.2 Å². The summed E-state index contributed by atoms with van der Waals surface area (Å²) in [6.45, 7) is 3.44. The van der Waals surface area contributed by atoms with Gasteiger partial charge in [-0.15, -0.1) is 0 Å². The van der Waals surface area contributed by atoms with Crippen LogP contribution in [0.15, 0.2) is 53.5 Å². The van der Waals surface area contributed by atoms with Gasteiger partial charge in [-0.2, -0.15) is 0 Å². The van der Waals surface area contributed by atoms with Crippen LogP contribution in [0, 0.1) is 6.92 Å². The van der Waals surface area contributed by atoms with Crippen molar-refractivity contribution < 1.29 is 9.59 Å². The van der Waals surface area contributed by atoms with Crippen LogP contribution in [0.4, 0.5) is 5.69 Å². The van der Waals surface area contributed by atoms with E-state index in [0.717, 1.165) is 18.5 Å². The Morgan fingerprint density at radius 3 is 2.67 bits per heavy atom. The lowest BCUT2D eigenvalue weighted by molar-refractivity contribution is -0.125. The largest absolute Gasteiger partial charge is 0.338 e. The number of guanidine groups is 1. The van der Waals surface area contributed by atoms with Gasteiger partial charge in [0.2, 0.25) is 17.8 Å². The van der Waals surface area contributed by atoms with E-state index >= 15 is 0 Å². The molecule has 27 heavy (non-hydrogen) atoms. The van der Waals surface area contributed by atoms with Gasteiger partial charge < -0.3 is 10.2 Å². The summed E-state index contributed by atoms with van der Waals surface area (Å²) in [6, 6.07) is 15.1. The fourth-order valence-electron chi connectivity index (χ4n) is 3.43. The molecule has 2 aliphatic heterocycles. The maximum Gasteiger partial charge on any atom is 0.249 e. The van der Waals surface area contributed by atoms with Crippen molar-refractivity contribution >= 4 is 23.5 Å². The first kappa shape index (κ1) is 17.3. The van der Waals surface area contributed by atoms with Crippen molar-refractivity contribution in [2.45, 2.75) is 32.4 Å². The van der Waals surface area contributed by atoms with Crippen LogP contribution < -0.4 is 10.6 Å². The summed E-state index contributed by atoms with van der Waals surface area (Å²) in [4.78, 5) is 31.4. The lowest BCUT2D eigenvalue weighted by atomic mass is 10.00. The number of carbonyl (C=O) groups excluding carboxylic acids is 2. The molecule has 2 aliphatic rings. The van der Waals surface area contributed by atoms with Gasteiger partial charge in [-0.3, -0.25) is 14.9 Å². The number of nitrogens with one attached hydrogen (secondary N) is 2. The summed E-state index contributed by atoms with van der Waals surface area (Å²) in [5.74, 6) is 0.0522. The SMILES string of the molecule is Cc1ccc(NC(=O)C2CC(=O)NC(N3CCc4ccccc4C3)=N2)cc1. The van der Waals surface area contributed by atoms with Gasteiger partial charge in [0.1, 0.15) is 6.04 Å². The number of hydrogen-bond acceptors (Lipinski definition) is 4. The minimum Gasteiger partial charge on any atom is -0.338 e. The van der Waals surface area contributed by atoms with E-state index in [1.54, 1.807) is 0 Å². The van der Waals surface area contributed by atoms with Crippen molar-refractivity contribution in [2.24, 2.45) is 4.99 Å². The molecule has 0 bridgehead atoms. The first-order chi connectivity index (χ1) is 13.1. The number of aryl methyl sites for hydroxylation is 1. The van der Waals surface area contributed by atoms with Gasteiger partial charge in [0.25, 0.3) is 0 Å². The van der Waals surface area contributed by atoms with Crippen LogP contribution in [-0.4, -0.2) is 35.3 Å². The molecule has 2 N–H and O–H groups in total. The molecule has 6 heteroatoms. The van der Waals surface area contributed by atoms with Gasteiger partial charge in [0, 0.05) is 18.8 Å². The molecule has 1 unspecified atom stereocenters. The molecule has 0 aromatic heterocycles. The van der Waals surface area contributed by atoms with Crippen molar-refractivity contribution in [2.75, 3.05) is 11.9 Å². The van der Waals surface area contributed by atoms with Gasteiger partial charge in [-0.25, -0.2) is 4.99 Å². The minimum atomic E-state index is -0.716. The summed E-state index contributed by atoms with van der Waals surface area (Å²) in [7, 11) is 0. The quantitative estimate of drug-likeness (QED) is 0.860. The van der Waals surface area contributed by atoms with Crippen LogP contribution in [0.2, 0.25) is 0 Å². The number of aliphatic imine (C=N–C) groups is 1. The highest BCUT2D eigenvalue weighted by molar-refractivity contribution is 6.06. The Morgan fingerprint density at radius 1 is 1.15 bits per heavy atom. The lowest BCUT2D eigenvalue weighted by Crippen LogP contribution is -2.51. The van der Waals surface area contributed by atoms with Crippen LogP contribution in [0.1, 0.15) is 23.1 Å². The Balaban J connectivity index is 1.50. The normalized spacial score (nSPS) is 19.0. The molecule has 1 atom stereocenters. The molecule has 0 aliphatic carbocycles. The van der Waals surface area contributed by atoms with Gasteiger partial charge in [0.15, 0.2) is 0 Å². The molecule has 0 fully saturated rings. The molecule has 0 saturated carbocycles. The van der Waals surface area contributed by atoms with Crippen LogP contribution in [0.3, 0.4) is 0 Å². The highest BCUT2D eigenvalue weighted by Gasteiger charge is 2.30. The van der Waals surface area contributed by atoms with Crippen LogP contribution >= 0.6 is 0 Å². The first-order valence-corrected chi connectivity index (χ1v) is 9.15. The van der Waals surface area contributed by atoms with E-state index in [9.17, 15) is 9.59 Å². The van der Waals surface area contributed by atoms with E-state index in [1.807, 2.05) is 48.2 Å². The molecule has 2 aromatic carbocycles. The molecule has 138 valence electrons. The maximum absolute atomic E-state index is 12.6. The van der Waals surface area contributed by atoms with E-state index in [4.69, 9.17) is 0 Å². The number of fused-ring (bicyclic) bond motifs is 1. The molecule has 6 nitrogen and oxygen atoms in total. The second-order valence-electron chi connectivity index (χ2n) is 7.02. The van der Waals surface area contributed by atoms with Crippen LogP contribution in [0.25, 0.3) is 0 Å². The first-order valence-electron chi connectivity index (χ1n) is 9.15. The summed E-state index contributed by atoms with van der Waals surface area (Å²) < 4.78 is 0. The molecular formula is C21H22N4O2. The predicted molar refractivity (Wildman–Crippen MR) is 104 cm³/mol. The Labute approximate surface area is 158 Å².